The summed E-state index contributed by atoms with van der Waals surface area (Å²) < 4.78 is 0. The zero-order valence-electron chi connectivity index (χ0n) is 21.7. The van der Waals surface area contributed by atoms with E-state index < -0.39 is 0 Å². The lowest BCUT2D eigenvalue weighted by Gasteiger charge is -2.13. The summed E-state index contributed by atoms with van der Waals surface area (Å²) in [6.45, 7) is 7.26. The first-order chi connectivity index (χ1) is 19.8. The summed E-state index contributed by atoms with van der Waals surface area (Å²) in [4.78, 5) is 3.54. The Bertz CT molecular complexity index is 2130. The van der Waals surface area contributed by atoms with Crippen LogP contribution in [-0.2, 0) is 0 Å². The average Bonchev–Trinajstić information content (AvgIpc) is 3.36. The molecular formula is C39H23N. The maximum absolute atomic E-state index is 7.26. The van der Waals surface area contributed by atoms with Gasteiger partial charge in [-0.3, -0.25) is 0 Å². The summed E-state index contributed by atoms with van der Waals surface area (Å²) in [6.07, 6.45) is 0. The first kappa shape index (κ1) is 22.5. The summed E-state index contributed by atoms with van der Waals surface area (Å²) in [5.41, 5.74) is 13.2. The Kier molecular flexibility index (Phi) is 4.96. The lowest BCUT2D eigenvalue weighted by molar-refractivity contribution is 1.59. The predicted molar refractivity (Wildman–Crippen MR) is 168 cm³/mol. The smallest absolute Gasteiger partial charge is 0.187 e. The maximum Gasteiger partial charge on any atom is 0.187 e. The Balaban J connectivity index is 1.22. The second-order valence-electron chi connectivity index (χ2n) is 10.4. The molecule has 7 aromatic rings. The van der Waals surface area contributed by atoms with Gasteiger partial charge in [0.15, 0.2) is 5.69 Å². The Hall–Kier alpha value is -5.45. The van der Waals surface area contributed by atoms with Crippen molar-refractivity contribution in [2.75, 3.05) is 0 Å². The summed E-state index contributed by atoms with van der Waals surface area (Å²) >= 11 is 0. The van der Waals surface area contributed by atoms with Crippen LogP contribution in [-0.4, -0.2) is 0 Å². The Morgan fingerprint density at radius 3 is 1.52 bits per heavy atom. The molecule has 0 aromatic heterocycles. The molecule has 1 aliphatic rings. The monoisotopic (exact) mass is 505 g/mol. The van der Waals surface area contributed by atoms with E-state index in [2.05, 4.69) is 120 Å². The van der Waals surface area contributed by atoms with Gasteiger partial charge in [-0.2, -0.15) is 0 Å². The molecule has 0 unspecified atom stereocenters. The number of benzene rings is 7. The SMILES string of the molecule is [C-]#[N+]c1ccc(-c2ccccc2-c2ccc3cc(-c4ccc5c6c(cccc46)-c4ccccc4-5)ccc3c2)cc1. The van der Waals surface area contributed by atoms with Crippen LogP contribution in [0.4, 0.5) is 5.69 Å². The van der Waals surface area contributed by atoms with Crippen LogP contribution >= 0.6 is 0 Å². The second kappa shape index (κ2) is 8.80. The number of hydrogen-bond donors (Lipinski definition) is 0. The quantitative estimate of drug-likeness (QED) is 0.210. The van der Waals surface area contributed by atoms with Crippen LogP contribution in [0.3, 0.4) is 0 Å². The molecule has 7 aromatic carbocycles. The van der Waals surface area contributed by atoms with E-state index in [1.807, 2.05) is 24.3 Å². The van der Waals surface area contributed by atoms with E-state index in [4.69, 9.17) is 6.57 Å². The standard InChI is InChI=1S/C39H23N/c1-40-30-19-17-25(18-20-30)31-7-2-3-8-32(31)28-15-13-27-24-29(16-14-26(27)23-28)33-21-22-38-35-10-5-4-9-34(35)37-12-6-11-36(33)39(37)38/h2-24H. The summed E-state index contributed by atoms with van der Waals surface area (Å²) in [6, 6.07) is 49.9. The molecule has 1 heteroatoms. The van der Waals surface area contributed by atoms with Gasteiger partial charge in [0.2, 0.25) is 0 Å². The molecule has 1 nitrogen and oxygen atoms in total. The van der Waals surface area contributed by atoms with E-state index >= 15 is 0 Å². The fraction of sp³-hybridized carbons (Fsp3) is 0. The van der Waals surface area contributed by atoms with Crippen LogP contribution in [0.15, 0.2) is 140 Å². The van der Waals surface area contributed by atoms with Crippen molar-refractivity contribution in [2.24, 2.45) is 0 Å². The Morgan fingerprint density at radius 2 is 0.875 bits per heavy atom. The highest BCUT2D eigenvalue weighted by Gasteiger charge is 2.22. The zero-order valence-corrected chi connectivity index (χ0v) is 21.7. The second-order valence-corrected chi connectivity index (χ2v) is 10.4. The molecule has 0 fully saturated rings. The summed E-state index contributed by atoms with van der Waals surface area (Å²) in [5, 5.41) is 5.11. The fourth-order valence-corrected chi connectivity index (χ4v) is 6.34. The van der Waals surface area contributed by atoms with Gasteiger partial charge in [0.25, 0.3) is 0 Å². The van der Waals surface area contributed by atoms with Gasteiger partial charge in [-0.25, -0.2) is 4.85 Å². The van der Waals surface area contributed by atoms with Crippen LogP contribution in [0.25, 0.3) is 82.0 Å². The molecule has 0 saturated heterocycles. The molecule has 0 N–H and O–H groups in total. The van der Waals surface area contributed by atoms with Crippen molar-refractivity contribution >= 4 is 27.2 Å². The van der Waals surface area contributed by atoms with Gasteiger partial charge in [-0.15, -0.1) is 0 Å². The largest absolute Gasteiger partial charge is 0.238 e. The number of rotatable bonds is 3. The van der Waals surface area contributed by atoms with Crippen LogP contribution < -0.4 is 0 Å². The highest BCUT2D eigenvalue weighted by molar-refractivity contribution is 6.18. The number of nitrogens with zero attached hydrogens (tertiary/aromatic N) is 1. The molecule has 184 valence electrons. The van der Waals surface area contributed by atoms with Crippen molar-refractivity contribution in [3.63, 3.8) is 0 Å². The third-order valence-electron chi connectivity index (χ3n) is 8.24. The van der Waals surface area contributed by atoms with Crippen LogP contribution in [0.1, 0.15) is 0 Å². The Morgan fingerprint density at radius 1 is 0.375 bits per heavy atom. The van der Waals surface area contributed by atoms with Gasteiger partial charge >= 0.3 is 0 Å². The maximum atomic E-state index is 7.26. The normalized spacial score (nSPS) is 11.5. The molecule has 0 radical (unpaired) electrons. The molecule has 0 amide bonds. The van der Waals surface area contributed by atoms with Gasteiger partial charge in [-0.1, -0.05) is 127 Å². The zero-order chi connectivity index (χ0) is 26.6. The van der Waals surface area contributed by atoms with Gasteiger partial charge in [-0.05, 0) is 89.3 Å². The van der Waals surface area contributed by atoms with E-state index in [1.165, 1.54) is 71.6 Å². The summed E-state index contributed by atoms with van der Waals surface area (Å²) in [5.74, 6) is 0. The molecule has 0 heterocycles. The van der Waals surface area contributed by atoms with Crippen LogP contribution in [0, 0.1) is 6.57 Å². The van der Waals surface area contributed by atoms with E-state index in [9.17, 15) is 0 Å². The van der Waals surface area contributed by atoms with E-state index in [-0.39, 0.29) is 0 Å². The van der Waals surface area contributed by atoms with Gasteiger partial charge in [0, 0.05) is 0 Å². The van der Waals surface area contributed by atoms with Crippen LogP contribution in [0.2, 0.25) is 0 Å². The molecule has 0 spiro atoms. The van der Waals surface area contributed by atoms with Crippen molar-refractivity contribution in [3.8, 4) is 55.6 Å². The number of fused-ring (bicyclic) bond motifs is 4. The molecular weight excluding hydrogens is 482 g/mol. The van der Waals surface area contributed by atoms with Crippen molar-refractivity contribution in [1.29, 1.82) is 0 Å². The molecule has 0 aliphatic heterocycles. The summed E-state index contributed by atoms with van der Waals surface area (Å²) in [7, 11) is 0. The highest BCUT2D eigenvalue weighted by atomic mass is 14.6. The van der Waals surface area contributed by atoms with Gasteiger partial charge < -0.3 is 0 Å². The van der Waals surface area contributed by atoms with E-state index in [0.717, 1.165) is 5.56 Å². The third-order valence-corrected chi connectivity index (χ3v) is 8.24. The molecule has 40 heavy (non-hydrogen) atoms. The first-order valence-electron chi connectivity index (χ1n) is 13.6. The lowest BCUT2D eigenvalue weighted by Crippen LogP contribution is -1.87. The van der Waals surface area contributed by atoms with Crippen molar-refractivity contribution in [1.82, 2.24) is 0 Å². The minimum absolute atomic E-state index is 0.660. The van der Waals surface area contributed by atoms with Gasteiger partial charge in [0.1, 0.15) is 0 Å². The molecule has 8 rings (SSSR count). The fourth-order valence-electron chi connectivity index (χ4n) is 6.34. The lowest BCUT2D eigenvalue weighted by atomic mass is 9.91. The van der Waals surface area contributed by atoms with E-state index in [1.54, 1.807) is 0 Å². The minimum Gasteiger partial charge on any atom is -0.238 e. The van der Waals surface area contributed by atoms with E-state index in [0.29, 0.717) is 5.69 Å². The minimum atomic E-state index is 0.660. The molecule has 0 saturated carbocycles. The Labute approximate surface area is 233 Å². The third kappa shape index (κ3) is 3.40. The van der Waals surface area contributed by atoms with Gasteiger partial charge in [0.05, 0.1) is 6.57 Å². The molecule has 0 bridgehead atoms. The van der Waals surface area contributed by atoms with Crippen molar-refractivity contribution in [2.45, 2.75) is 0 Å². The predicted octanol–water partition coefficient (Wildman–Crippen LogP) is 11.2. The number of hydrogen-bond acceptors (Lipinski definition) is 0. The van der Waals surface area contributed by atoms with Crippen LogP contribution in [0.5, 0.6) is 0 Å². The van der Waals surface area contributed by atoms with Crippen molar-refractivity contribution < 1.29 is 0 Å². The topological polar surface area (TPSA) is 4.36 Å². The average molecular weight is 506 g/mol. The molecule has 0 atom stereocenters. The highest BCUT2D eigenvalue weighted by Crippen LogP contribution is 2.49. The van der Waals surface area contributed by atoms with Crippen molar-refractivity contribution in [3.05, 3.63) is 151 Å². The first-order valence-corrected chi connectivity index (χ1v) is 13.6. The molecule has 1 aliphatic carbocycles.